The number of nitrogens with one attached hydrogen (secondary N) is 1. The molecule has 160 valence electrons. The third-order valence-corrected chi connectivity index (χ3v) is 6.05. The highest BCUT2D eigenvalue weighted by Gasteiger charge is 2.40. The molecule has 0 bridgehead atoms. The minimum atomic E-state index is -0.347. The molecular formula is C27H25N3O2. The van der Waals surface area contributed by atoms with Crippen LogP contribution >= 0.6 is 0 Å². The predicted molar refractivity (Wildman–Crippen MR) is 129 cm³/mol. The normalized spacial score (nSPS) is 16.3. The van der Waals surface area contributed by atoms with E-state index in [-0.39, 0.29) is 11.8 Å². The number of carbonyl (C=O) groups is 2. The maximum absolute atomic E-state index is 13.4. The summed E-state index contributed by atoms with van der Waals surface area (Å²) in [4.78, 5) is 30.5. The van der Waals surface area contributed by atoms with E-state index in [0.717, 1.165) is 29.9 Å². The molecule has 2 aliphatic heterocycles. The molecule has 1 fully saturated rings. The third-order valence-electron chi connectivity index (χ3n) is 6.05. The van der Waals surface area contributed by atoms with Crippen LogP contribution in [0.1, 0.15) is 24.0 Å². The largest absolute Gasteiger partial charge is 0.372 e. The van der Waals surface area contributed by atoms with Gasteiger partial charge in [-0.3, -0.25) is 9.59 Å². The van der Waals surface area contributed by atoms with Gasteiger partial charge in [-0.05, 0) is 61.7 Å². The van der Waals surface area contributed by atoms with E-state index in [1.807, 2.05) is 61.5 Å². The lowest BCUT2D eigenvalue weighted by atomic mass is 10.0. The average Bonchev–Trinajstić information content (AvgIpc) is 3.43. The van der Waals surface area contributed by atoms with E-state index in [1.54, 1.807) is 12.1 Å². The van der Waals surface area contributed by atoms with Crippen molar-refractivity contribution in [3.8, 4) is 0 Å². The van der Waals surface area contributed by atoms with Crippen molar-refractivity contribution in [3.05, 3.63) is 95.7 Å². The molecular weight excluding hydrogens is 398 g/mol. The molecule has 5 nitrogen and oxygen atoms in total. The van der Waals surface area contributed by atoms with Crippen molar-refractivity contribution < 1.29 is 9.59 Å². The van der Waals surface area contributed by atoms with Gasteiger partial charge in [-0.2, -0.15) is 0 Å². The summed E-state index contributed by atoms with van der Waals surface area (Å²) < 4.78 is 0. The highest BCUT2D eigenvalue weighted by atomic mass is 16.2. The summed E-state index contributed by atoms with van der Waals surface area (Å²) in [6.07, 6.45) is 2.44. The van der Waals surface area contributed by atoms with E-state index in [4.69, 9.17) is 0 Å². The molecule has 1 N–H and O–H groups in total. The van der Waals surface area contributed by atoms with Crippen molar-refractivity contribution in [3.63, 3.8) is 0 Å². The molecule has 2 amide bonds. The van der Waals surface area contributed by atoms with Crippen LogP contribution in [-0.4, -0.2) is 24.9 Å². The van der Waals surface area contributed by atoms with Crippen LogP contribution in [0.3, 0.4) is 0 Å². The molecule has 0 radical (unpaired) electrons. The molecule has 0 aromatic heterocycles. The van der Waals surface area contributed by atoms with Crippen LogP contribution in [-0.2, 0) is 9.59 Å². The van der Waals surface area contributed by atoms with Crippen LogP contribution < -0.4 is 15.1 Å². The number of benzene rings is 3. The second kappa shape index (κ2) is 8.35. The van der Waals surface area contributed by atoms with Crippen LogP contribution in [0.5, 0.6) is 0 Å². The fraction of sp³-hybridized carbons (Fsp3) is 0.185. The molecule has 3 aromatic carbocycles. The number of para-hydroxylation sites is 1. The lowest BCUT2D eigenvalue weighted by Gasteiger charge is -2.18. The van der Waals surface area contributed by atoms with Gasteiger partial charge in [0, 0.05) is 24.5 Å². The minimum absolute atomic E-state index is 0.302. The lowest BCUT2D eigenvalue weighted by Crippen LogP contribution is -2.32. The summed E-state index contributed by atoms with van der Waals surface area (Å²) in [6.45, 7) is 4.15. The van der Waals surface area contributed by atoms with Crippen molar-refractivity contribution in [1.82, 2.24) is 0 Å². The first-order valence-electron chi connectivity index (χ1n) is 11.0. The molecule has 2 heterocycles. The van der Waals surface area contributed by atoms with Crippen molar-refractivity contribution in [2.75, 3.05) is 28.2 Å². The van der Waals surface area contributed by atoms with Gasteiger partial charge in [-0.25, -0.2) is 4.90 Å². The first-order chi connectivity index (χ1) is 15.6. The maximum atomic E-state index is 13.4. The Labute approximate surface area is 188 Å². The summed E-state index contributed by atoms with van der Waals surface area (Å²) in [6, 6.07) is 24.8. The number of hydrogen-bond donors (Lipinski definition) is 1. The van der Waals surface area contributed by atoms with E-state index in [2.05, 4.69) is 22.3 Å². The van der Waals surface area contributed by atoms with Gasteiger partial charge in [0.2, 0.25) is 0 Å². The number of anilines is 3. The zero-order valence-corrected chi connectivity index (χ0v) is 18.0. The lowest BCUT2D eigenvalue weighted by molar-refractivity contribution is -0.120. The van der Waals surface area contributed by atoms with E-state index in [0.29, 0.717) is 17.0 Å². The van der Waals surface area contributed by atoms with E-state index >= 15 is 0 Å². The van der Waals surface area contributed by atoms with Gasteiger partial charge < -0.3 is 10.2 Å². The summed E-state index contributed by atoms with van der Waals surface area (Å²) in [5.41, 5.74) is 5.04. The predicted octanol–water partition coefficient (Wildman–Crippen LogP) is 4.99. The fourth-order valence-corrected chi connectivity index (χ4v) is 4.32. The average molecular weight is 424 g/mol. The second-order valence-electron chi connectivity index (χ2n) is 8.26. The summed E-state index contributed by atoms with van der Waals surface area (Å²) >= 11 is 0. The SMILES string of the molecule is Cc1ccc(C2=C(Nc3ccc(N4CCCC4)cc3)C(=O)N(c3ccccc3)C2=O)cc1. The third kappa shape index (κ3) is 3.66. The van der Waals surface area contributed by atoms with Gasteiger partial charge in [-0.1, -0.05) is 48.0 Å². The fourth-order valence-electron chi connectivity index (χ4n) is 4.32. The first kappa shape index (κ1) is 20.1. The van der Waals surface area contributed by atoms with Crippen LogP contribution in [0.15, 0.2) is 84.6 Å². The number of amides is 2. The zero-order valence-electron chi connectivity index (χ0n) is 18.0. The van der Waals surface area contributed by atoms with Gasteiger partial charge in [0.05, 0.1) is 11.3 Å². The number of hydrogen-bond acceptors (Lipinski definition) is 4. The number of aryl methyl sites for hydroxylation is 1. The van der Waals surface area contributed by atoms with Crippen LogP contribution in [0.25, 0.3) is 5.57 Å². The monoisotopic (exact) mass is 423 g/mol. The Bertz CT molecular complexity index is 1180. The van der Waals surface area contributed by atoms with Gasteiger partial charge in [0.1, 0.15) is 5.70 Å². The van der Waals surface area contributed by atoms with Gasteiger partial charge in [0.15, 0.2) is 0 Å². The van der Waals surface area contributed by atoms with Crippen molar-refractivity contribution in [2.45, 2.75) is 19.8 Å². The van der Waals surface area contributed by atoms with Crippen molar-refractivity contribution in [2.24, 2.45) is 0 Å². The van der Waals surface area contributed by atoms with Crippen LogP contribution in [0.4, 0.5) is 17.1 Å². The molecule has 1 saturated heterocycles. The Kier molecular flexibility index (Phi) is 5.23. The van der Waals surface area contributed by atoms with Gasteiger partial charge in [0.25, 0.3) is 11.8 Å². The summed E-state index contributed by atoms with van der Waals surface area (Å²) in [5, 5.41) is 3.25. The molecule has 0 unspecified atom stereocenters. The summed E-state index contributed by atoms with van der Waals surface area (Å²) in [5.74, 6) is -0.665. The molecule has 0 aliphatic carbocycles. The number of nitrogens with zero attached hydrogens (tertiary/aromatic N) is 2. The number of carbonyl (C=O) groups excluding carboxylic acids is 2. The van der Waals surface area contributed by atoms with Crippen molar-refractivity contribution >= 4 is 34.4 Å². The Morgan fingerprint density at radius 1 is 0.719 bits per heavy atom. The number of rotatable bonds is 5. The van der Waals surface area contributed by atoms with E-state index < -0.39 is 0 Å². The topological polar surface area (TPSA) is 52.7 Å². The Morgan fingerprint density at radius 2 is 1.38 bits per heavy atom. The highest BCUT2D eigenvalue weighted by Crippen LogP contribution is 2.34. The van der Waals surface area contributed by atoms with Gasteiger partial charge in [-0.15, -0.1) is 0 Å². The molecule has 2 aliphatic rings. The molecule has 5 heteroatoms. The molecule has 0 saturated carbocycles. The van der Waals surface area contributed by atoms with Crippen LogP contribution in [0, 0.1) is 6.92 Å². The quantitative estimate of drug-likeness (QED) is 0.588. The molecule has 0 atom stereocenters. The molecule has 32 heavy (non-hydrogen) atoms. The molecule has 0 spiro atoms. The second-order valence-corrected chi connectivity index (χ2v) is 8.26. The standard InChI is InChI=1S/C27H25N3O2/c1-19-9-11-20(12-10-19)24-25(27(32)30(26(24)31)23-7-3-2-4-8-23)28-21-13-15-22(16-14-21)29-17-5-6-18-29/h2-4,7-16,28H,5-6,17-18H2,1H3. The Balaban J connectivity index is 1.51. The van der Waals surface area contributed by atoms with Gasteiger partial charge >= 0.3 is 0 Å². The Hall–Kier alpha value is -3.86. The number of imide groups is 1. The van der Waals surface area contributed by atoms with Crippen LogP contribution in [0.2, 0.25) is 0 Å². The Morgan fingerprint density at radius 3 is 2.03 bits per heavy atom. The van der Waals surface area contributed by atoms with E-state index in [9.17, 15) is 9.59 Å². The smallest absolute Gasteiger partial charge is 0.282 e. The highest BCUT2D eigenvalue weighted by molar-refractivity contribution is 6.46. The molecule has 5 rings (SSSR count). The summed E-state index contributed by atoms with van der Waals surface area (Å²) in [7, 11) is 0. The first-order valence-corrected chi connectivity index (χ1v) is 11.0. The van der Waals surface area contributed by atoms with E-state index in [1.165, 1.54) is 23.4 Å². The minimum Gasteiger partial charge on any atom is -0.372 e. The molecule has 3 aromatic rings. The zero-order chi connectivity index (χ0) is 22.1. The maximum Gasteiger partial charge on any atom is 0.282 e. The van der Waals surface area contributed by atoms with Crippen molar-refractivity contribution in [1.29, 1.82) is 0 Å².